The van der Waals surface area contributed by atoms with E-state index in [-0.39, 0.29) is 11.8 Å². The number of carbonyl (C=O) groups is 1. The minimum absolute atomic E-state index is 0.0784. The van der Waals surface area contributed by atoms with Gasteiger partial charge in [0.05, 0.1) is 5.92 Å². The van der Waals surface area contributed by atoms with Crippen LogP contribution in [0.1, 0.15) is 22.6 Å². The summed E-state index contributed by atoms with van der Waals surface area (Å²) < 4.78 is 1.03. The third kappa shape index (κ3) is 3.34. The SMILES string of the molecule is O=C(NCc1cccc(Br)c1)C1CNCc2ccccc21. The van der Waals surface area contributed by atoms with Crippen LogP contribution in [-0.4, -0.2) is 12.5 Å². The summed E-state index contributed by atoms with van der Waals surface area (Å²) in [6.45, 7) is 2.09. The van der Waals surface area contributed by atoms with Crippen LogP contribution in [0.4, 0.5) is 0 Å². The molecule has 1 amide bonds. The van der Waals surface area contributed by atoms with Crippen molar-refractivity contribution < 1.29 is 4.79 Å². The van der Waals surface area contributed by atoms with Gasteiger partial charge in [-0.15, -0.1) is 0 Å². The number of fused-ring (bicyclic) bond motifs is 1. The number of hydrogen-bond donors (Lipinski definition) is 2. The van der Waals surface area contributed by atoms with E-state index in [0.717, 1.165) is 22.1 Å². The minimum Gasteiger partial charge on any atom is -0.351 e. The van der Waals surface area contributed by atoms with Crippen LogP contribution in [0.2, 0.25) is 0 Å². The zero-order chi connectivity index (χ0) is 14.7. The van der Waals surface area contributed by atoms with Gasteiger partial charge in [0.25, 0.3) is 0 Å². The molecule has 1 aliphatic rings. The molecule has 21 heavy (non-hydrogen) atoms. The van der Waals surface area contributed by atoms with Gasteiger partial charge in [-0.3, -0.25) is 4.79 Å². The van der Waals surface area contributed by atoms with Crippen LogP contribution < -0.4 is 10.6 Å². The smallest absolute Gasteiger partial charge is 0.229 e. The molecule has 2 aromatic carbocycles. The quantitative estimate of drug-likeness (QED) is 0.898. The Morgan fingerprint density at radius 3 is 2.95 bits per heavy atom. The van der Waals surface area contributed by atoms with E-state index < -0.39 is 0 Å². The lowest BCUT2D eigenvalue weighted by Crippen LogP contribution is -2.38. The van der Waals surface area contributed by atoms with Crippen LogP contribution in [-0.2, 0) is 17.9 Å². The molecule has 3 nitrogen and oxygen atoms in total. The molecular formula is C17H17BrN2O. The summed E-state index contributed by atoms with van der Waals surface area (Å²) in [7, 11) is 0. The van der Waals surface area contributed by atoms with E-state index in [0.29, 0.717) is 13.1 Å². The van der Waals surface area contributed by atoms with Gasteiger partial charge in [-0.25, -0.2) is 0 Å². The lowest BCUT2D eigenvalue weighted by molar-refractivity contribution is -0.122. The van der Waals surface area contributed by atoms with Crippen molar-refractivity contribution in [1.29, 1.82) is 0 Å². The fourth-order valence-electron chi connectivity index (χ4n) is 2.69. The molecule has 0 aromatic heterocycles. The molecule has 1 atom stereocenters. The molecule has 0 bridgehead atoms. The molecule has 0 saturated carbocycles. The van der Waals surface area contributed by atoms with Gasteiger partial charge in [0.1, 0.15) is 0 Å². The van der Waals surface area contributed by atoms with E-state index in [1.807, 2.05) is 36.4 Å². The zero-order valence-electron chi connectivity index (χ0n) is 11.6. The number of carbonyl (C=O) groups excluding carboxylic acids is 1. The summed E-state index contributed by atoms with van der Waals surface area (Å²) >= 11 is 3.44. The maximum atomic E-state index is 12.5. The van der Waals surface area contributed by atoms with E-state index in [2.05, 4.69) is 38.7 Å². The number of halogens is 1. The molecule has 4 heteroatoms. The van der Waals surface area contributed by atoms with Crippen molar-refractivity contribution in [3.05, 3.63) is 69.7 Å². The summed E-state index contributed by atoms with van der Waals surface area (Å²) in [5.41, 5.74) is 3.45. The van der Waals surface area contributed by atoms with E-state index in [1.54, 1.807) is 0 Å². The van der Waals surface area contributed by atoms with Gasteiger partial charge in [-0.05, 0) is 28.8 Å². The number of benzene rings is 2. The number of rotatable bonds is 3. The van der Waals surface area contributed by atoms with Crippen molar-refractivity contribution in [3.63, 3.8) is 0 Å². The Balaban J connectivity index is 1.69. The lowest BCUT2D eigenvalue weighted by atomic mass is 9.90. The number of nitrogens with one attached hydrogen (secondary N) is 2. The van der Waals surface area contributed by atoms with E-state index in [9.17, 15) is 4.79 Å². The summed E-state index contributed by atoms with van der Waals surface area (Å²) in [5.74, 6) is -0.0308. The van der Waals surface area contributed by atoms with E-state index in [1.165, 1.54) is 5.56 Å². The van der Waals surface area contributed by atoms with Crippen molar-refractivity contribution in [2.45, 2.75) is 19.0 Å². The fourth-order valence-corrected chi connectivity index (χ4v) is 3.14. The average Bonchev–Trinajstić information content (AvgIpc) is 2.52. The van der Waals surface area contributed by atoms with Crippen molar-refractivity contribution in [2.24, 2.45) is 0 Å². The maximum absolute atomic E-state index is 12.5. The van der Waals surface area contributed by atoms with Gasteiger partial charge < -0.3 is 10.6 Å². The first kappa shape index (κ1) is 14.3. The van der Waals surface area contributed by atoms with Crippen molar-refractivity contribution >= 4 is 21.8 Å². The van der Waals surface area contributed by atoms with Gasteiger partial charge in [0.15, 0.2) is 0 Å². The van der Waals surface area contributed by atoms with Crippen molar-refractivity contribution in [3.8, 4) is 0 Å². The van der Waals surface area contributed by atoms with Crippen LogP contribution in [0.15, 0.2) is 53.0 Å². The monoisotopic (exact) mass is 344 g/mol. The third-order valence-electron chi connectivity index (χ3n) is 3.77. The molecule has 1 heterocycles. The second-order valence-electron chi connectivity index (χ2n) is 5.23. The Kier molecular flexibility index (Phi) is 4.36. The Morgan fingerprint density at radius 2 is 2.10 bits per heavy atom. The van der Waals surface area contributed by atoms with Crippen LogP contribution in [0, 0.1) is 0 Å². The third-order valence-corrected chi connectivity index (χ3v) is 4.26. The second-order valence-corrected chi connectivity index (χ2v) is 6.15. The summed E-state index contributed by atoms with van der Waals surface area (Å²) in [5, 5.41) is 6.35. The summed E-state index contributed by atoms with van der Waals surface area (Å²) in [6.07, 6.45) is 0. The molecule has 0 radical (unpaired) electrons. The normalized spacial score (nSPS) is 17.1. The highest BCUT2D eigenvalue weighted by Gasteiger charge is 2.25. The second kappa shape index (κ2) is 6.41. The first-order valence-corrected chi connectivity index (χ1v) is 7.84. The zero-order valence-corrected chi connectivity index (χ0v) is 13.2. The van der Waals surface area contributed by atoms with Crippen molar-refractivity contribution in [2.75, 3.05) is 6.54 Å². The van der Waals surface area contributed by atoms with Gasteiger partial charge in [0, 0.05) is 24.1 Å². The van der Waals surface area contributed by atoms with Gasteiger partial charge in [-0.2, -0.15) is 0 Å². The highest BCUT2D eigenvalue weighted by atomic mass is 79.9. The molecule has 3 rings (SSSR count). The number of hydrogen-bond acceptors (Lipinski definition) is 2. The number of amides is 1. The lowest BCUT2D eigenvalue weighted by Gasteiger charge is -2.25. The fraction of sp³-hybridized carbons (Fsp3) is 0.235. The van der Waals surface area contributed by atoms with E-state index in [4.69, 9.17) is 0 Å². The largest absolute Gasteiger partial charge is 0.351 e. The van der Waals surface area contributed by atoms with E-state index >= 15 is 0 Å². The standard InChI is InChI=1S/C17H17BrN2O/c18-14-6-3-4-12(8-14)9-20-17(21)16-11-19-10-13-5-1-2-7-15(13)16/h1-8,16,19H,9-11H2,(H,20,21). The highest BCUT2D eigenvalue weighted by molar-refractivity contribution is 9.10. The summed E-state index contributed by atoms with van der Waals surface area (Å²) in [6, 6.07) is 16.1. The molecule has 2 N–H and O–H groups in total. The highest BCUT2D eigenvalue weighted by Crippen LogP contribution is 2.24. The molecule has 0 aliphatic carbocycles. The Morgan fingerprint density at radius 1 is 1.24 bits per heavy atom. The van der Waals surface area contributed by atoms with Crippen LogP contribution >= 0.6 is 15.9 Å². The maximum Gasteiger partial charge on any atom is 0.229 e. The predicted molar refractivity (Wildman–Crippen MR) is 86.9 cm³/mol. The van der Waals surface area contributed by atoms with Crippen molar-refractivity contribution in [1.82, 2.24) is 10.6 Å². The molecule has 0 fully saturated rings. The predicted octanol–water partition coefficient (Wildman–Crippen LogP) is 2.95. The summed E-state index contributed by atoms with van der Waals surface area (Å²) in [4.78, 5) is 12.5. The molecule has 0 spiro atoms. The van der Waals surface area contributed by atoms with Gasteiger partial charge >= 0.3 is 0 Å². The van der Waals surface area contributed by atoms with Gasteiger partial charge in [-0.1, -0.05) is 52.3 Å². The first-order chi connectivity index (χ1) is 10.2. The van der Waals surface area contributed by atoms with Gasteiger partial charge in [0.2, 0.25) is 5.91 Å². The topological polar surface area (TPSA) is 41.1 Å². The molecule has 108 valence electrons. The van der Waals surface area contributed by atoms with Crippen LogP contribution in [0.5, 0.6) is 0 Å². The van der Waals surface area contributed by atoms with Crippen LogP contribution in [0.25, 0.3) is 0 Å². The Labute approximate surface area is 132 Å². The molecule has 0 saturated heterocycles. The Bertz CT molecular complexity index is 657. The molecule has 1 unspecified atom stereocenters. The van der Waals surface area contributed by atoms with Crippen LogP contribution in [0.3, 0.4) is 0 Å². The average molecular weight is 345 g/mol. The first-order valence-electron chi connectivity index (χ1n) is 7.05. The minimum atomic E-state index is -0.109. The molecule has 1 aliphatic heterocycles. The molecule has 2 aromatic rings. The molecular weight excluding hydrogens is 328 g/mol. The Hall–Kier alpha value is -1.65.